The van der Waals surface area contributed by atoms with Gasteiger partial charge in [0.15, 0.2) is 0 Å². The lowest BCUT2D eigenvalue weighted by molar-refractivity contribution is 0.487. The third kappa shape index (κ3) is 2.11. The molecule has 0 aromatic carbocycles. The van der Waals surface area contributed by atoms with Crippen LogP contribution in [-0.4, -0.2) is 17.0 Å². The summed E-state index contributed by atoms with van der Waals surface area (Å²) < 4.78 is 0. The fraction of sp³-hybridized carbons (Fsp3) is 0.667. The topological polar surface area (TPSA) is 29.3 Å². The molecule has 0 aromatic rings. The summed E-state index contributed by atoms with van der Waals surface area (Å²) in [7, 11) is 0. The lowest BCUT2D eigenvalue weighted by Gasteiger charge is -2.04. The van der Waals surface area contributed by atoms with Gasteiger partial charge in [-0.15, -0.1) is 0 Å². The molecule has 0 unspecified atom stereocenters. The highest BCUT2D eigenvalue weighted by Gasteiger charge is 1.76. The molecule has 0 fully saturated rings. The minimum atomic E-state index is 0.781. The number of nitrogens with two attached hydrogens (primary N) is 1. The van der Waals surface area contributed by atoms with Crippen molar-refractivity contribution < 1.29 is 0 Å². The van der Waals surface area contributed by atoms with Crippen LogP contribution in [0.1, 0.15) is 6.92 Å². The standard InChI is InChI=1S/C3H8N2S/c1-2-5(4)3-6/h3H,2,4H2,1H3. The van der Waals surface area contributed by atoms with Crippen molar-refractivity contribution in [3.05, 3.63) is 0 Å². The van der Waals surface area contributed by atoms with Crippen LogP contribution in [0.2, 0.25) is 0 Å². The van der Waals surface area contributed by atoms with E-state index < -0.39 is 0 Å². The van der Waals surface area contributed by atoms with Crippen molar-refractivity contribution in [2.75, 3.05) is 6.54 Å². The van der Waals surface area contributed by atoms with Gasteiger partial charge in [-0.3, -0.25) is 0 Å². The van der Waals surface area contributed by atoms with Gasteiger partial charge in [0.25, 0.3) is 0 Å². The molecule has 2 nitrogen and oxygen atoms in total. The van der Waals surface area contributed by atoms with Gasteiger partial charge in [0.05, 0.1) is 5.49 Å². The Labute approximate surface area is 42.9 Å². The molecule has 0 saturated heterocycles. The fourth-order valence-corrected chi connectivity index (χ4v) is 0.224. The van der Waals surface area contributed by atoms with Crippen LogP contribution in [0.3, 0.4) is 0 Å². The Hall–Kier alpha value is -0.150. The molecule has 0 aliphatic rings. The summed E-state index contributed by atoms with van der Waals surface area (Å²) >= 11 is 4.45. The van der Waals surface area contributed by atoms with Crippen molar-refractivity contribution in [2.24, 2.45) is 5.84 Å². The van der Waals surface area contributed by atoms with Gasteiger partial charge in [-0.1, -0.05) is 12.2 Å². The molecule has 0 rings (SSSR count). The van der Waals surface area contributed by atoms with Crippen LogP contribution in [0.4, 0.5) is 0 Å². The molecule has 0 bridgehead atoms. The van der Waals surface area contributed by atoms with Crippen LogP contribution in [0.5, 0.6) is 0 Å². The molecule has 0 aromatic heterocycles. The average Bonchev–Trinajstić information content (AvgIpc) is 1.65. The Morgan fingerprint density at radius 2 is 2.50 bits per heavy atom. The van der Waals surface area contributed by atoms with E-state index in [1.165, 1.54) is 10.5 Å². The van der Waals surface area contributed by atoms with Gasteiger partial charge in [0.1, 0.15) is 0 Å². The smallest absolute Gasteiger partial charge is 0.0785 e. The highest BCUT2D eigenvalue weighted by Crippen LogP contribution is 1.63. The molecule has 0 heterocycles. The van der Waals surface area contributed by atoms with Crippen molar-refractivity contribution in [3.8, 4) is 0 Å². The molecule has 0 aliphatic heterocycles. The normalized spacial score (nSPS) is 7.67. The van der Waals surface area contributed by atoms with Crippen LogP contribution in [0.25, 0.3) is 0 Å². The minimum Gasteiger partial charge on any atom is -0.308 e. The quantitative estimate of drug-likeness (QED) is 0.307. The van der Waals surface area contributed by atoms with Gasteiger partial charge in [-0.05, 0) is 6.92 Å². The zero-order valence-electron chi connectivity index (χ0n) is 3.72. The third-order valence-electron chi connectivity index (χ3n) is 0.501. The number of hydrogen-bond donors (Lipinski definition) is 1. The van der Waals surface area contributed by atoms with Crippen molar-refractivity contribution in [3.63, 3.8) is 0 Å². The number of hydrogen-bond acceptors (Lipinski definition) is 2. The number of nitrogens with zero attached hydrogens (tertiary/aromatic N) is 1. The van der Waals surface area contributed by atoms with Crippen LogP contribution in [0.15, 0.2) is 0 Å². The van der Waals surface area contributed by atoms with Crippen LogP contribution < -0.4 is 5.84 Å². The second-order valence-corrected chi connectivity index (χ2v) is 1.15. The molecular formula is C3H8N2S. The van der Waals surface area contributed by atoms with Gasteiger partial charge >= 0.3 is 0 Å². The lowest BCUT2D eigenvalue weighted by Crippen LogP contribution is -2.27. The van der Waals surface area contributed by atoms with Crippen molar-refractivity contribution in [2.45, 2.75) is 6.92 Å². The van der Waals surface area contributed by atoms with Crippen LogP contribution in [0, 0.1) is 0 Å². The van der Waals surface area contributed by atoms with E-state index in [1.807, 2.05) is 6.92 Å². The second-order valence-electron chi connectivity index (χ2n) is 0.936. The average molecular weight is 104 g/mol. The predicted octanol–water partition coefficient (Wildman–Crippen LogP) is 0.139. The first-order valence-electron chi connectivity index (χ1n) is 1.78. The van der Waals surface area contributed by atoms with E-state index in [1.54, 1.807) is 0 Å². The van der Waals surface area contributed by atoms with Crippen molar-refractivity contribution in [1.29, 1.82) is 0 Å². The Bertz CT molecular complexity index is 46.1. The molecule has 0 radical (unpaired) electrons. The first kappa shape index (κ1) is 5.85. The maximum atomic E-state index is 5.15. The van der Waals surface area contributed by atoms with E-state index in [4.69, 9.17) is 5.84 Å². The number of rotatable bonds is 2. The third-order valence-corrected chi connectivity index (χ3v) is 0.771. The summed E-state index contributed by atoms with van der Waals surface area (Å²) in [6.45, 7) is 2.71. The summed E-state index contributed by atoms with van der Waals surface area (Å²) in [5.41, 5.74) is 1.42. The first-order chi connectivity index (χ1) is 2.81. The molecule has 3 heteroatoms. The highest BCUT2D eigenvalue weighted by atomic mass is 32.1. The van der Waals surface area contributed by atoms with Gasteiger partial charge in [0, 0.05) is 6.54 Å². The molecule has 0 saturated carbocycles. The van der Waals surface area contributed by atoms with Crippen LogP contribution in [-0.2, 0) is 0 Å². The monoisotopic (exact) mass is 104 g/mol. The van der Waals surface area contributed by atoms with E-state index in [0.717, 1.165) is 6.54 Å². The zero-order chi connectivity index (χ0) is 4.99. The summed E-state index contributed by atoms with van der Waals surface area (Å²) in [6, 6.07) is 0. The van der Waals surface area contributed by atoms with E-state index in [0.29, 0.717) is 0 Å². The minimum absolute atomic E-state index is 0.781. The van der Waals surface area contributed by atoms with Crippen LogP contribution >= 0.6 is 12.2 Å². The van der Waals surface area contributed by atoms with E-state index in [9.17, 15) is 0 Å². The molecule has 0 aliphatic carbocycles. The summed E-state index contributed by atoms with van der Waals surface area (Å²) in [4.78, 5) is 0. The molecule has 6 heavy (non-hydrogen) atoms. The number of thiocarbonyl (C=S) groups is 1. The van der Waals surface area contributed by atoms with Gasteiger partial charge in [0.2, 0.25) is 0 Å². The molecule has 0 atom stereocenters. The zero-order valence-corrected chi connectivity index (χ0v) is 4.53. The van der Waals surface area contributed by atoms with Crippen molar-refractivity contribution in [1.82, 2.24) is 5.01 Å². The Kier molecular flexibility index (Phi) is 2.98. The van der Waals surface area contributed by atoms with Crippen molar-refractivity contribution >= 4 is 17.7 Å². The van der Waals surface area contributed by atoms with E-state index in [2.05, 4.69) is 12.2 Å². The summed E-state index contributed by atoms with van der Waals surface area (Å²) in [5, 5.41) is 1.44. The highest BCUT2D eigenvalue weighted by molar-refractivity contribution is 7.78. The SMILES string of the molecule is CCN(N)C=S. The summed E-state index contributed by atoms with van der Waals surface area (Å²) in [6.07, 6.45) is 0. The van der Waals surface area contributed by atoms with Gasteiger partial charge in [-0.25, -0.2) is 5.84 Å². The molecule has 0 spiro atoms. The number of hydrazine groups is 1. The second kappa shape index (κ2) is 3.06. The van der Waals surface area contributed by atoms with E-state index >= 15 is 0 Å². The predicted molar refractivity (Wildman–Crippen MR) is 30.2 cm³/mol. The van der Waals surface area contributed by atoms with Gasteiger partial charge < -0.3 is 5.01 Å². The summed E-state index contributed by atoms with van der Waals surface area (Å²) in [5.74, 6) is 5.15. The molecular weight excluding hydrogens is 96.1 g/mol. The largest absolute Gasteiger partial charge is 0.308 e. The maximum Gasteiger partial charge on any atom is 0.0785 e. The maximum absolute atomic E-state index is 5.15. The molecule has 2 N–H and O–H groups in total. The Morgan fingerprint density at radius 3 is 2.50 bits per heavy atom. The fourth-order valence-electron chi connectivity index (χ4n) is 0.0745. The Balaban J connectivity index is 2.96. The van der Waals surface area contributed by atoms with E-state index in [-0.39, 0.29) is 0 Å². The first-order valence-corrected chi connectivity index (χ1v) is 2.25. The molecule has 0 amide bonds. The van der Waals surface area contributed by atoms with Gasteiger partial charge in [-0.2, -0.15) is 0 Å². The Morgan fingerprint density at radius 1 is 2.00 bits per heavy atom. The lowest BCUT2D eigenvalue weighted by atomic mass is 10.8. The molecule has 36 valence electrons.